The highest BCUT2D eigenvalue weighted by Gasteiger charge is 2.28. The number of nitrogen functional groups attached to an aromatic ring is 1. The van der Waals surface area contributed by atoms with Crippen molar-refractivity contribution in [2.45, 2.75) is 12.5 Å². The first-order valence-electron chi connectivity index (χ1n) is 5.04. The lowest BCUT2D eigenvalue weighted by Crippen LogP contribution is -2.21. The molecule has 6 nitrogen and oxygen atoms in total. The number of carbonyl (C=O) groups is 2. The smallest absolute Gasteiger partial charge is 0.347 e. The highest BCUT2D eigenvalue weighted by molar-refractivity contribution is 5.94. The average molecular weight is 237 g/mol. The summed E-state index contributed by atoms with van der Waals surface area (Å²) < 4.78 is 10.1. The van der Waals surface area contributed by atoms with Crippen molar-refractivity contribution in [3.63, 3.8) is 0 Å². The largest absolute Gasteiger partial charge is 0.479 e. The fourth-order valence-electron chi connectivity index (χ4n) is 1.54. The Morgan fingerprint density at radius 2 is 2.29 bits per heavy atom. The zero-order chi connectivity index (χ0) is 12.4. The van der Waals surface area contributed by atoms with Gasteiger partial charge in [0.05, 0.1) is 12.2 Å². The van der Waals surface area contributed by atoms with Crippen molar-refractivity contribution in [2.75, 3.05) is 12.3 Å². The highest BCUT2D eigenvalue weighted by Crippen LogP contribution is 2.22. The zero-order valence-electron chi connectivity index (χ0n) is 8.88. The molecule has 1 aliphatic rings. The Morgan fingerprint density at radius 3 is 2.88 bits per heavy atom. The normalized spacial score (nSPS) is 18.8. The Morgan fingerprint density at radius 1 is 1.53 bits per heavy atom. The molecular formula is C11H11NO5. The SMILES string of the molecule is Nc1ccc(OC2CCOC2=O)cc1C(=O)O. The van der Waals surface area contributed by atoms with Crippen LogP contribution in [0, 0.1) is 0 Å². The molecule has 0 spiro atoms. The van der Waals surface area contributed by atoms with Gasteiger partial charge in [0, 0.05) is 12.1 Å². The van der Waals surface area contributed by atoms with E-state index in [2.05, 4.69) is 0 Å². The molecule has 1 aliphatic heterocycles. The molecule has 0 bridgehead atoms. The number of benzene rings is 1. The van der Waals surface area contributed by atoms with Crippen LogP contribution in [0.2, 0.25) is 0 Å². The molecule has 0 aliphatic carbocycles. The number of aromatic carboxylic acids is 1. The summed E-state index contributed by atoms with van der Waals surface area (Å²) in [5, 5.41) is 8.88. The van der Waals surface area contributed by atoms with Crippen LogP contribution in [0.1, 0.15) is 16.8 Å². The number of nitrogens with two attached hydrogens (primary N) is 1. The van der Waals surface area contributed by atoms with Crippen LogP contribution in [0.4, 0.5) is 5.69 Å². The second kappa shape index (κ2) is 4.32. The van der Waals surface area contributed by atoms with Gasteiger partial charge in [0.1, 0.15) is 5.75 Å². The first-order chi connectivity index (χ1) is 8.08. The van der Waals surface area contributed by atoms with Crippen molar-refractivity contribution in [1.82, 2.24) is 0 Å². The van der Waals surface area contributed by atoms with Crippen LogP contribution in [0.5, 0.6) is 5.75 Å². The standard InChI is InChI=1S/C11H11NO5/c12-8-2-1-6(5-7(8)10(13)14)17-9-3-4-16-11(9)15/h1-2,5,9H,3-4,12H2,(H,13,14). The second-order valence-electron chi connectivity index (χ2n) is 3.62. The summed E-state index contributed by atoms with van der Waals surface area (Å²) in [4.78, 5) is 22.0. The predicted molar refractivity (Wildman–Crippen MR) is 57.8 cm³/mol. The molecule has 1 saturated heterocycles. The summed E-state index contributed by atoms with van der Waals surface area (Å²) in [6.45, 7) is 0.324. The van der Waals surface area contributed by atoms with Crippen LogP contribution in [-0.2, 0) is 9.53 Å². The first-order valence-corrected chi connectivity index (χ1v) is 5.04. The third kappa shape index (κ3) is 2.30. The maximum atomic E-state index is 11.2. The lowest BCUT2D eigenvalue weighted by molar-refractivity contribution is -0.143. The molecular weight excluding hydrogens is 226 g/mol. The number of hydrogen-bond acceptors (Lipinski definition) is 5. The maximum Gasteiger partial charge on any atom is 0.347 e. The van der Waals surface area contributed by atoms with Gasteiger partial charge in [0.25, 0.3) is 0 Å². The van der Waals surface area contributed by atoms with E-state index < -0.39 is 18.0 Å². The Kier molecular flexibility index (Phi) is 2.86. The number of rotatable bonds is 3. The molecule has 1 fully saturated rings. The first kappa shape index (κ1) is 11.3. The van der Waals surface area contributed by atoms with Crippen LogP contribution in [0.3, 0.4) is 0 Å². The summed E-state index contributed by atoms with van der Waals surface area (Å²) in [6, 6.07) is 4.25. The van der Waals surface area contributed by atoms with Crippen LogP contribution in [0.25, 0.3) is 0 Å². The minimum Gasteiger partial charge on any atom is -0.479 e. The van der Waals surface area contributed by atoms with Crippen molar-refractivity contribution >= 4 is 17.6 Å². The number of hydrogen-bond donors (Lipinski definition) is 2. The molecule has 1 unspecified atom stereocenters. The van der Waals surface area contributed by atoms with Crippen molar-refractivity contribution in [2.24, 2.45) is 0 Å². The van der Waals surface area contributed by atoms with E-state index in [0.717, 1.165) is 0 Å². The van der Waals surface area contributed by atoms with E-state index in [-0.39, 0.29) is 11.3 Å². The average Bonchev–Trinajstić information content (AvgIpc) is 2.67. The van der Waals surface area contributed by atoms with Gasteiger partial charge in [-0.15, -0.1) is 0 Å². The van der Waals surface area contributed by atoms with E-state index in [4.69, 9.17) is 20.3 Å². The molecule has 0 radical (unpaired) electrons. The molecule has 90 valence electrons. The fourth-order valence-corrected chi connectivity index (χ4v) is 1.54. The van der Waals surface area contributed by atoms with Crippen molar-refractivity contribution in [3.8, 4) is 5.75 Å². The second-order valence-corrected chi connectivity index (χ2v) is 3.62. The lowest BCUT2D eigenvalue weighted by atomic mass is 10.1. The minimum atomic E-state index is -1.14. The molecule has 17 heavy (non-hydrogen) atoms. The van der Waals surface area contributed by atoms with Gasteiger partial charge in [-0.25, -0.2) is 9.59 Å². The van der Waals surface area contributed by atoms with Crippen LogP contribution < -0.4 is 10.5 Å². The molecule has 6 heteroatoms. The molecule has 1 aromatic rings. The Labute approximate surface area is 96.9 Å². The molecule has 0 saturated carbocycles. The summed E-state index contributed by atoms with van der Waals surface area (Å²) in [7, 11) is 0. The lowest BCUT2D eigenvalue weighted by Gasteiger charge is -2.11. The highest BCUT2D eigenvalue weighted by atomic mass is 16.6. The van der Waals surface area contributed by atoms with Gasteiger partial charge in [-0.3, -0.25) is 0 Å². The van der Waals surface area contributed by atoms with Crippen molar-refractivity contribution in [3.05, 3.63) is 23.8 Å². The van der Waals surface area contributed by atoms with Gasteiger partial charge in [0.15, 0.2) is 6.10 Å². The Hall–Kier alpha value is -2.24. The summed E-state index contributed by atoms with van der Waals surface area (Å²) in [5.74, 6) is -1.28. The molecule has 0 aromatic heterocycles. The van der Waals surface area contributed by atoms with E-state index in [1.807, 2.05) is 0 Å². The van der Waals surface area contributed by atoms with E-state index in [0.29, 0.717) is 18.8 Å². The summed E-state index contributed by atoms with van der Waals surface area (Å²) in [6.07, 6.45) is -0.203. The van der Waals surface area contributed by atoms with E-state index in [1.165, 1.54) is 18.2 Å². The van der Waals surface area contributed by atoms with E-state index >= 15 is 0 Å². The van der Waals surface area contributed by atoms with E-state index in [9.17, 15) is 9.59 Å². The third-order valence-corrected chi connectivity index (χ3v) is 2.42. The van der Waals surface area contributed by atoms with Crippen molar-refractivity contribution < 1.29 is 24.2 Å². The number of cyclic esters (lactones) is 1. The molecule has 2 rings (SSSR count). The Balaban J connectivity index is 2.19. The van der Waals surface area contributed by atoms with Gasteiger partial charge in [-0.1, -0.05) is 0 Å². The molecule has 0 amide bonds. The predicted octanol–water partition coefficient (Wildman–Crippen LogP) is 0.661. The monoisotopic (exact) mass is 237 g/mol. The molecule has 1 aromatic carbocycles. The molecule has 3 N–H and O–H groups in total. The Bertz CT molecular complexity index is 471. The van der Waals surface area contributed by atoms with Crippen LogP contribution in [0.15, 0.2) is 18.2 Å². The fraction of sp³-hybridized carbons (Fsp3) is 0.273. The van der Waals surface area contributed by atoms with Crippen LogP contribution in [-0.4, -0.2) is 29.8 Å². The van der Waals surface area contributed by atoms with Gasteiger partial charge in [-0.05, 0) is 18.2 Å². The number of ether oxygens (including phenoxy) is 2. The van der Waals surface area contributed by atoms with Gasteiger partial charge < -0.3 is 20.3 Å². The number of esters is 1. The number of anilines is 1. The molecule has 1 atom stereocenters. The van der Waals surface area contributed by atoms with Crippen LogP contribution >= 0.6 is 0 Å². The number of carboxylic acid groups (broad SMARTS) is 1. The minimum absolute atomic E-state index is 0.0473. The van der Waals surface area contributed by atoms with E-state index in [1.54, 1.807) is 0 Å². The third-order valence-electron chi connectivity index (χ3n) is 2.42. The number of carbonyl (C=O) groups excluding carboxylic acids is 1. The van der Waals surface area contributed by atoms with Crippen molar-refractivity contribution in [1.29, 1.82) is 0 Å². The van der Waals surface area contributed by atoms with Gasteiger partial charge in [0.2, 0.25) is 0 Å². The van der Waals surface area contributed by atoms with Gasteiger partial charge >= 0.3 is 11.9 Å². The zero-order valence-corrected chi connectivity index (χ0v) is 8.88. The van der Waals surface area contributed by atoms with Gasteiger partial charge in [-0.2, -0.15) is 0 Å². The maximum absolute atomic E-state index is 11.2. The summed E-state index contributed by atoms with van der Waals surface area (Å²) >= 11 is 0. The summed E-state index contributed by atoms with van der Waals surface area (Å²) in [5.41, 5.74) is 5.60. The number of carboxylic acids is 1. The topological polar surface area (TPSA) is 98.9 Å². The quantitative estimate of drug-likeness (QED) is 0.592. The molecule has 1 heterocycles.